The molecular weight excluding hydrogens is 248 g/mol. The van der Waals surface area contributed by atoms with Crippen molar-refractivity contribution in [2.24, 2.45) is 5.92 Å². The molecule has 2 unspecified atom stereocenters. The molecule has 2 rings (SSSR count). The van der Waals surface area contributed by atoms with E-state index >= 15 is 0 Å². The van der Waals surface area contributed by atoms with Crippen LogP contribution in [0.4, 0.5) is 0 Å². The summed E-state index contributed by atoms with van der Waals surface area (Å²) in [6.07, 6.45) is 3.80. The van der Waals surface area contributed by atoms with Gasteiger partial charge in [-0.05, 0) is 57.0 Å². The number of hydrogen-bond donors (Lipinski definition) is 1. The molecule has 2 saturated heterocycles. The van der Waals surface area contributed by atoms with Crippen LogP contribution in [0.3, 0.4) is 0 Å². The van der Waals surface area contributed by atoms with Crippen LogP contribution >= 0.6 is 11.8 Å². The van der Waals surface area contributed by atoms with Crippen molar-refractivity contribution >= 4 is 11.8 Å². The molecule has 0 radical (unpaired) electrons. The Hall–Kier alpha value is 0.230. The maximum Gasteiger partial charge on any atom is 0.0883 e. The van der Waals surface area contributed by atoms with Gasteiger partial charge in [-0.1, -0.05) is 0 Å². The Labute approximate surface area is 115 Å². The predicted octanol–water partition coefficient (Wildman–Crippen LogP) is 2.46. The van der Waals surface area contributed by atoms with Crippen LogP contribution in [0, 0.1) is 5.92 Å². The monoisotopic (exact) mass is 274 g/mol. The van der Waals surface area contributed by atoms with Crippen LogP contribution in [0.25, 0.3) is 0 Å². The van der Waals surface area contributed by atoms with Crippen molar-refractivity contribution < 1.29 is 14.6 Å². The third-order valence-corrected chi connectivity index (χ3v) is 5.61. The zero-order valence-corrected chi connectivity index (χ0v) is 12.6. The molecule has 18 heavy (non-hydrogen) atoms. The summed E-state index contributed by atoms with van der Waals surface area (Å²) in [6, 6.07) is 0. The number of hydrogen-bond acceptors (Lipinski definition) is 4. The van der Waals surface area contributed by atoms with Crippen LogP contribution in [0.2, 0.25) is 0 Å². The van der Waals surface area contributed by atoms with Gasteiger partial charge in [-0.15, -0.1) is 0 Å². The normalized spacial score (nSPS) is 30.3. The first kappa shape index (κ1) is 14.6. The highest BCUT2D eigenvalue weighted by molar-refractivity contribution is 7.99. The Balaban J connectivity index is 2.02. The largest absolute Gasteiger partial charge is 0.390 e. The summed E-state index contributed by atoms with van der Waals surface area (Å²) >= 11 is 2.02. The van der Waals surface area contributed by atoms with Crippen molar-refractivity contribution in [2.45, 2.75) is 56.8 Å². The standard InChI is InChI=1S/C14H26O3S/c1-13(2,16-3)12(15)11-4-7-17-14(10-11)5-8-18-9-6-14/h11-12,15H,4-10H2,1-3H3. The predicted molar refractivity (Wildman–Crippen MR) is 75.1 cm³/mol. The second kappa shape index (κ2) is 5.70. The molecule has 0 saturated carbocycles. The molecule has 4 heteroatoms. The van der Waals surface area contributed by atoms with Crippen molar-refractivity contribution in [3.8, 4) is 0 Å². The molecule has 2 atom stereocenters. The third kappa shape index (κ3) is 3.03. The van der Waals surface area contributed by atoms with Gasteiger partial charge in [-0.25, -0.2) is 0 Å². The third-order valence-electron chi connectivity index (χ3n) is 4.62. The zero-order valence-electron chi connectivity index (χ0n) is 11.8. The van der Waals surface area contributed by atoms with Gasteiger partial charge in [0.2, 0.25) is 0 Å². The minimum absolute atomic E-state index is 0.0406. The van der Waals surface area contributed by atoms with Crippen LogP contribution in [-0.2, 0) is 9.47 Å². The average Bonchev–Trinajstić information content (AvgIpc) is 2.39. The molecule has 0 amide bonds. The Bertz CT molecular complexity index is 269. The molecule has 0 aromatic rings. The van der Waals surface area contributed by atoms with Crippen molar-refractivity contribution in [1.82, 2.24) is 0 Å². The lowest BCUT2D eigenvalue weighted by Crippen LogP contribution is -2.50. The Morgan fingerprint density at radius 3 is 2.67 bits per heavy atom. The van der Waals surface area contributed by atoms with Gasteiger partial charge in [0.05, 0.1) is 17.3 Å². The van der Waals surface area contributed by atoms with Gasteiger partial charge in [-0.3, -0.25) is 0 Å². The molecule has 2 aliphatic rings. The molecule has 3 nitrogen and oxygen atoms in total. The van der Waals surface area contributed by atoms with E-state index in [9.17, 15) is 5.11 Å². The summed E-state index contributed by atoms with van der Waals surface area (Å²) in [5, 5.41) is 10.5. The number of ether oxygens (including phenoxy) is 2. The highest BCUT2D eigenvalue weighted by Gasteiger charge is 2.44. The second-order valence-corrected chi connectivity index (χ2v) is 7.37. The maximum atomic E-state index is 10.5. The Morgan fingerprint density at radius 1 is 1.39 bits per heavy atom. The van der Waals surface area contributed by atoms with Crippen molar-refractivity contribution in [1.29, 1.82) is 0 Å². The molecule has 0 bridgehead atoms. The topological polar surface area (TPSA) is 38.7 Å². The lowest BCUT2D eigenvalue weighted by Gasteiger charge is -2.46. The van der Waals surface area contributed by atoms with Crippen molar-refractivity contribution in [3.63, 3.8) is 0 Å². The lowest BCUT2D eigenvalue weighted by atomic mass is 9.76. The van der Waals surface area contributed by atoms with Crippen LogP contribution in [-0.4, -0.2) is 47.6 Å². The maximum absolute atomic E-state index is 10.5. The molecule has 1 spiro atoms. The summed E-state index contributed by atoms with van der Waals surface area (Å²) in [7, 11) is 1.68. The number of rotatable bonds is 3. The van der Waals surface area contributed by atoms with Gasteiger partial charge in [0.25, 0.3) is 0 Å². The van der Waals surface area contributed by atoms with E-state index < -0.39 is 11.7 Å². The summed E-state index contributed by atoms with van der Waals surface area (Å²) in [5.41, 5.74) is -0.425. The number of aliphatic hydroxyl groups is 1. The summed E-state index contributed by atoms with van der Waals surface area (Å²) in [6.45, 7) is 4.72. The quantitative estimate of drug-likeness (QED) is 0.858. The van der Waals surface area contributed by atoms with Crippen LogP contribution in [0.15, 0.2) is 0 Å². The van der Waals surface area contributed by atoms with Gasteiger partial charge >= 0.3 is 0 Å². The first-order valence-electron chi connectivity index (χ1n) is 6.94. The molecule has 106 valence electrons. The first-order chi connectivity index (χ1) is 8.49. The average molecular weight is 274 g/mol. The fourth-order valence-electron chi connectivity index (χ4n) is 3.12. The highest BCUT2D eigenvalue weighted by atomic mass is 32.2. The summed E-state index contributed by atoms with van der Waals surface area (Å²) in [4.78, 5) is 0. The van der Waals surface area contributed by atoms with Gasteiger partial charge in [-0.2, -0.15) is 11.8 Å². The fourth-order valence-corrected chi connectivity index (χ4v) is 4.35. The molecule has 2 heterocycles. The van der Waals surface area contributed by atoms with E-state index in [0.29, 0.717) is 5.92 Å². The van der Waals surface area contributed by atoms with Crippen molar-refractivity contribution in [3.05, 3.63) is 0 Å². The zero-order chi connectivity index (χ0) is 13.2. The smallest absolute Gasteiger partial charge is 0.0883 e. The van der Waals surface area contributed by atoms with Crippen molar-refractivity contribution in [2.75, 3.05) is 25.2 Å². The van der Waals surface area contributed by atoms with E-state index in [-0.39, 0.29) is 5.60 Å². The molecule has 2 aliphatic heterocycles. The molecule has 1 N–H and O–H groups in total. The minimum Gasteiger partial charge on any atom is -0.390 e. The van der Waals surface area contributed by atoms with E-state index in [1.165, 1.54) is 11.5 Å². The van der Waals surface area contributed by atoms with Gasteiger partial charge in [0, 0.05) is 13.7 Å². The van der Waals surface area contributed by atoms with Crippen LogP contribution in [0.1, 0.15) is 39.5 Å². The number of methoxy groups -OCH3 is 1. The van der Waals surface area contributed by atoms with E-state index in [4.69, 9.17) is 9.47 Å². The van der Waals surface area contributed by atoms with Crippen LogP contribution in [0.5, 0.6) is 0 Å². The van der Waals surface area contributed by atoms with E-state index in [2.05, 4.69) is 0 Å². The molecule has 0 aromatic heterocycles. The summed E-state index contributed by atoms with van der Waals surface area (Å²) < 4.78 is 11.5. The van der Waals surface area contributed by atoms with Gasteiger partial charge in [0.1, 0.15) is 0 Å². The van der Waals surface area contributed by atoms with Crippen LogP contribution < -0.4 is 0 Å². The van der Waals surface area contributed by atoms with Gasteiger partial charge in [0.15, 0.2) is 0 Å². The molecule has 2 fully saturated rings. The Kier molecular flexibility index (Phi) is 4.63. The fraction of sp³-hybridized carbons (Fsp3) is 1.00. The number of aliphatic hydroxyl groups excluding tert-OH is 1. The molecule has 0 aromatic carbocycles. The first-order valence-corrected chi connectivity index (χ1v) is 8.09. The minimum atomic E-state index is -0.466. The Morgan fingerprint density at radius 2 is 2.06 bits per heavy atom. The molecular formula is C14H26O3S. The van der Waals surface area contributed by atoms with E-state index in [1.807, 2.05) is 25.6 Å². The van der Waals surface area contributed by atoms with E-state index in [1.54, 1.807) is 7.11 Å². The number of thioether (sulfide) groups is 1. The SMILES string of the molecule is COC(C)(C)C(O)C1CCOC2(CCSCC2)C1. The highest BCUT2D eigenvalue weighted by Crippen LogP contribution is 2.42. The van der Waals surface area contributed by atoms with E-state index in [0.717, 1.165) is 32.3 Å². The second-order valence-electron chi connectivity index (χ2n) is 6.15. The van der Waals surface area contributed by atoms with Gasteiger partial charge < -0.3 is 14.6 Å². The lowest BCUT2D eigenvalue weighted by molar-refractivity contribution is -0.158. The molecule has 0 aliphatic carbocycles. The summed E-state index contributed by atoms with van der Waals surface area (Å²) in [5.74, 6) is 2.68.